The lowest BCUT2D eigenvalue weighted by atomic mass is 9.72. The van der Waals surface area contributed by atoms with Gasteiger partial charge in [-0.1, -0.05) is 58.8 Å². The summed E-state index contributed by atoms with van der Waals surface area (Å²) in [5.74, 6) is -13.9. The van der Waals surface area contributed by atoms with Gasteiger partial charge in [0.1, 0.15) is 93.6 Å². The lowest BCUT2D eigenvalue weighted by Crippen LogP contribution is -2.55. The van der Waals surface area contributed by atoms with Gasteiger partial charge in [-0.3, -0.25) is 71.9 Å². The third kappa shape index (κ3) is 26.7. The zero-order valence-electron chi connectivity index (χ0n) is 80.8. The van der Waals surface area contributed by atoms with Crippen LogP contribution >= 0.6 is 0 Å². The van der Waals surface area contributed by atoms with Crippen molar-refractivity contribution in [3.05, 3.63) is 163 Å². The van der Waals surface area contributed by atoms with Gasteiger partial charge in [-0.25, -0.2) is 0 Å². The largest absolute Gasteiger partial charge is 0.870 e. The number of aromatic hydroxyl groups is 6. The molecule has 2 heterocycles. The van der Waals surface area contributed by atoms with Gasteiger partial charge in [0.05, 0.1) is 109 Å². The minimum atomic E-state index is -2.15. The number of ether oxygens (including phenoxy) is 6. The van der Waals surface area contributed by atoms with Gasteiger partial charge in [-0.15, -0.1) is 0 Å². The number of carbonyl (C=O) groups is 15. The van der Waals surface area contributed by atoms with E-state index in [4.69, 9.17) is 55.0 Å². The van der Waals surface area contributed by atoms with Crippen molar-refractivity contribution in [3.63, 3.8) is 0 Å². The maximum absolute atomic E-state index is 14.2. The highest BCUT2D eigenvalue weighted by atomic mass is 16.7. The molecule has 47 heteroatoms. The fourth-order valence-electron chi connectivity index (χ4n) is 17.7. The number of amides is 10. The summed E-state index contributed by atoms with van der Waals surface area (Å²) in [6.45, 7) is 9.09. The second-order valence-electron chi connectivity index (χ2n) is 36.1. The number of methoxy groups -OCH3 is 2. The van der Waals surface area contributed by atoms with Gasteiger partial charge in [0.25, 0.3) is 11.8 Å². The van der Waals surface area contributed by atoms with E-state index in [1.807, 2.05) is 0 Å². The summed E-state index contributed by atoms with van der Waals surface area (Å²) in [4.78, 5) is 206. The molecule has 2 saturated heterocycles. The normalized spacial score (nSPS) is 22.1. The number of phenolic OH excluding ortho intramolecular Hbond substituents is 6. The lowest BCUT2D eigenvalue weighted by molar-refractivity contribution is -0.249. The molecule has 0 spiro atoms. The van der Waals surface area contributed by atoms with Gasteiger partial charge in [0.15, 0.2) is 43.1 Å². The summed E-state index contributed by atoms with van der Waals surface area (Å²) in [6.07, 6.45) is -10.7. The molecule has 10 amide bonds. The summed E-state index contributed by atoms with van der Waals surface area (Å²) in [5, 5.41) is 148. The van der Waals surface area contributed by atoms with E-state index in [0.29, 0.717) is 35.4 Å². The predicted molar refractivity (Wildman–Crippen MR) is 506 cm³/mol. The molecule has 145 heavy (non-hydrogen) atoms. The Kier molecular flexibility index (Phi) is 37.4. The van der Waals surface area contributed by atoms with E-state index in [1.165, 1.54) is 115 Å². The van der Waals surface area contributed by atoms with E-state index < -0.39 is 282 Å². The van der Waals surface area contributed by atoms with E-state index >= 15 is 0 Å². The molecule has 8 unspecified atom stereocenters. The molecular formula is C98H118N13O34-. The van der Waals surface area contributed by atoms with Crippen LogP contribution in [0.5, 0.6) is 46.0 Å². The van der Waals surface area contributed by atoms with Crippen LogP contribution in [0.15, 0.2) is 95.2 Å². The zero-order valence-corrected chi connectivity index (χ0v) is 80.8. The van der Waals surface area contributed by atoms with Crippen LogP contribution < -0.4 is 63.5 Å². The van der Waals surface area contributed by atoms with Crippen molar-refractivity contribution >= 4 is 105 Å². The van der Waals surface area contributed by atoms with Crippen LogP contribution in [0.25, 0.3) is 0 Å². The molecule has 16 atom stereocenters. The third-order valence-corrected chi connectivity index (χ3v) is 25.4. The van der Waals surface area contributed by atoms with Crippen LogP contribution in [0.4, 0.5) is 0 Å². The number of benzene rings is 6. The minimum Gasteiger partial charge on any atom is -0.870 e. The van der Waals surface area contributed by atoms with Gasteiger partial charge < -0.3 is 154 Å². The number of oxime groups is 2. The van der Waals surface area contributed by atoms with Crippen LogP contribution in [0, 0.1) is 5.41 Å². The predicted octanol–water partition coefficient (Wildman–Crippen LogP) is 0.851. The highest BCUT2D eigenvalue weighted by molar-refractivity contribution is 6.32. The monoisotopic (exact) mass is 2020 g/mol. The Morgan fingerprint density at radius 3 is 1.26 bits per heavy atom. The first-order chi connectivity index (χ1) is 68.0. The van der Waals surface area contributed by atoms with Crippen molar-refractivity contribution in [2.75, 3.05) is 40.5 Å². The second-order valence-corrected chi connectivity index (χ2v) is 36.1. The molecule has 2 fully saturated rings. The maximum Gasteiger partial charge on any atom is 0.261 e. The molecule has 0 radical (unpaired) electrons. The Hall–Kier alpha value is -15.0. The number of hydrogen-bond acceptors (Lipinski definition) is 37. The Labute approximate surface area is 829 Å². The molecule has 0 bridgehead atoms. The number of primary amides is 2. The van der Waals surface area contributed by atoms with E-state index in [2.05, 4.69) is 52.8 Å². The van der Waals surface area contributed by atoms with Crippen LogP contribution in [0.1, 0.15) is 229 Å². The molecule has 12 rings (SSSR count). The van der Waals surface area contributed by atoms with Crippen molar-refractivity contribution in [1.29, 1.82) is 5.41 Å². The Balaban J connectivity index is 0.000000295. The summed E-state index contributed by atoms with van der Waals surface area (Å²) in [7, 11) is 2.60. The molecule has 6 aromatic rings. The lowest BCUT2D eigenvalue weighted by Gasteiger charge is -2.43. The quantitative estimate of drug-likeness (QED) is 0.0144. The number of Topliss-reactive ketones (excluding diaryl/α,β-unsaturated/α-hetero) is 1. The van der Waals surface area contributed by atoms with Crippen molar-refractivity contribution in [2.24, 2.45) is 21.8 Å². The van der Waals surface area contributed by atoms with Gasteiger partial charge >= 0.3 is 0 Å². The van der Waals surface area contributed by atoms with Gasteiger partial charge in [-0.05, 0) is 129 Å². The number of hydrogen-bond donors (Lipinski definition) is 21. The van der Waals surface area contributed by atoms with Crippen LogP contribution in [-0.4, -0.2) is 287 Å². The second kappa shape index (κ2) is 48.4. The van der Waals surface area contributed by atoms with E-state index in [-0.39, 0.29) is 130 Å². The standard InChI is InChI=1S/C49H59N7O16.C49H58N6O17.H2O/c1-22(50)8-6-11-35(59)54-30-17-37(71-24(3)42(30)61)72-33-19-49(68,18-29-39(33)46(65)41-40(44(29)63)43(62)28-9-7-10-32(69-5)38(28)45(41)64)25(4)56-70-21-36(60)53-23(2)47(66)55-31(48(67)52-20-34(51)58)16-26-12-14-27(57)15-13-26;1-22(55-70-21-36(60)52-23(2)47(66)54-31(48(67)51-20-34(50)58)16-26-12-14-27(57)15-13-26)8-6-11-35(59)53-30-17-37(71-24(3)42(30)61)72-33-19-49(68,25(4)56)18-29-39(33)46(65)41-40(44(29)63)43(62)28-9-7-10-32(69-5)38(28)45(41)64;/h7,9-10,12-15,23-24,30-31,33,37,42,50,57,61,63,65,68H,6,8,11,16-21H2,1-5H3,(H2,51,58)(H,52,67)(H,53,60)(H,54,59)(H,55,66);7,9-10,12-15,23-24,30-31,33,37,42,57,61,63,65,68H,6,8,11,16-21H2,1-5H3,(H2,50,58)(H,51,67)(H,52,60)(H,53,59)(H,54,66);1H2/p-1/b50-22?,56-25+;55-22+;/t2*23-,24?,30?,31-,33-,37?,42?,49-;/m00./s1. The number of carbonyl (C=O) groups excluding carboxylic acids is 15. The molecule has 24 N–H and O–H groups in total. The van der Waals surface area contributed by atoms with Gasteiger partial charge in [-0.2, -0.15) is 0 Å². The number of aliphatic hydroxyl groups is 4. The zero-order chi connectivity index (χ0) is 106. The number of nitrogens with one attached hydrogen (secondary N) is 9. The Morgan fingerprint density at radius 1 is 0.490 bits per heavy atom. The Morgan fingerprint density at radius 2 is 0.869 bits per heavy atom. The van der Waals surface area contributed by atoms with Gasteiger partial charge in [0.2, 0.25) is 58.8 Å². The highest BCUT2D eigenvalue weighted by Crippen LogP contribution is 2.55. The third-order valence-electron chi connectivity index (χ3n) is 25.4. The highest BCUT2D eigenvalue weighted by Gasteiger charge is 2.53. The molecule has 6 aliphatic rings. The van der Waals surface area contributed by atoms with Crippen LogP contribution in [0.2, 0.25) is 0 Å². The summed E-state index contributed by atoms with van der Waals surface area (Å²) >= 11 is 0. The van der Waals surface area contributed by atoms with E-state index in [0.717, 1.165) is 6.92 Å². The van der Waals surface area contributed by atoms with Crippen molar-refractivity contribution < 1.29 is 167 Å². The van der Waals surface area contributed by atoms with Crippen molar-refractivity contribution in [1.82, 2.24) is 42.5 Å². The van der Waals surface area contributed by atoms with Crippen LogP contribution in [0.3, 0.4) is 0 Å². The summed E-state index contributed by atoms with van der Waals surface area (Å²) in [5.41, 5.74) is 4.48. The number of aliphatic hydroxyl groups excluding tert-OH is 2. The van der Waals surface area contributed by atoms with Crippen molar-refractivity contribution in [3.8, 4) is 46.0 Å². The number of ketones is 5. The van der Waals surface area contributed by atoms with Gasteiger partial charge in [0, 0.05) is 103 Å². The van der Waals surface area contributed by atoms with Crippen LogP contribution in [-0.2, 0) is 107 Å². The fourth-order valence-corrected chi connectivity index (χ4v) is 17.7. The first-order valence-corrected chi connectivity index (χ1v) is 46.1. The number of phenols is 6. The number of rotatable bonds is 40. The minimum absolute atomic E-state index is 0. The average molecular weight is 2020 g/mol. The average Bonchev–Trinajstić information content (AvgIpc) is 0.712. The fraction of sp³-hybridized carbons (Fsp3) is 0.449. The number of nitrogens with two attached hydrogens (primary N) is 2. The van der Waals surface area contributed by atoms with Crippen molar-refractivity contribution in [2.45, 2.75) is 242 Å². The molecular weight excluding hydrogens is 1900 g/mol. The molecule has 780 valence electrons. The molecule has 0 saturated carbocycles. The van der Waals surface area contributed by atoms with E-state index in [9.17, 15) is 123 Å². The maximum atomic E-state index is 14.2. The summed E-state index contributed by atoms with van der Waals surface area (Å²) in [6, 6.07) is 13.7. The Bertz CT molecular complexity index is 6070. The summed E-state index contributed by atoms with van der Waals surface area (Å²) < 4.78 is 35.4. The topological polar surface area (TPSA) is 759 Å². The molecule has 6 aromatic carbocycles. The SMILES string of the molecule is COc1cccc2c1C(=O)c1c(O)c3c(c(O)c1C2=O)C[C@@](O)(/C(C)=N/OCC(=O)N[C@@H](C)C(=O)N[C@@H](Cc1ccc(O)cc1)C(=O)NCC(N)=O)C[C@@H]3OC1CC(NC(=O)CCCC(C)=N)C(O)C(C)O1.COc1cccc2c1C(=O)c1c(O)c3c(c(O)c1C2=O)C[C@@](O)(C(C)=O)C[C@@H]3OC1CC(NC(=O)CCC/C(C)=N/OCC(=O)N[C@@H](C)C(=O)N[C@@H](Cc2ccc(O)cc2)C(=O)NCC(N)=O)C(O)C(C)O1.[OH-]. The first kappa shape index (κ1) is 112. The number of fused-ring (bicyclic) bond motifs is 6. The molecule has 0 aromatic heterocycles. The molecule has 47 nitrogen and oxygen atoms in total. The van der Waals surface area contributed by atoms with E-state index in [1.54, 1.807) is 32.9 Å². The number of nitrogens with zero attached hydrogens (tertiary/aromatic N) is 2. The first-order valence-electron chi connectivity index (χ1n) is 46.1. The smallest absolute Gasteiger partial charge is 0.261 e. The molecule has 2 aliphatic heterocycles. The molecule has 4 aliphatic carbocycles.